The Balaban J connectivity index is 1.47. The highest BCUT2D eigenvalue weighted by atomic mass is 16.5. The minimum absolute atomic E-state index is 0.0548. The third kappa shape index (κ3) is 6.74. The summed E-state index contributed by atoms with van der Waals surface area (Å²) in [6.45, 7) is 3.91. The summed E-state index contributed by atoms with van der Waals surface area (Å²) in [5, 5.41) is 0. The third-order valence-electron chi connectivity index (χ3n) is 5.37. The molecule has 1 saturated carbocycles. The van der Waals surface area contributed by atoms with E-state index in [9.17, 15) is 9.59 Å². The van der Waals surface area contributed by atoms with Gasteiger partial charge in [-0.2, -0.15) is 0 Å². The van der Waals surface area contributed by atoms with Crippen LogP contribution in [0.25, 0.3) is 6.08 Å². The Morgan fingerprint density at radius 1 is 1.00 bits per heavy atom. The number of carbonyl (C=O) groups is 2. The molecule has 31 heavy (non-hydrogen) atoms. The monoisotopic (exact) mass is 420 g/mol. The van der Waals surface area contributed by atoms with Crippen molar-refractivity contribution in [3.05, 3.63) is 72.3 Å². The van der Waals surface area contributed by atoms with E-state index in [1.807, 2.05) is 6.08 Å². The standard InChI is InChI=1S/C25H28N2O4/c1-2-17-3-8-20(9-4-17)25(29)31-23-10-5-18(6-11-23)7-12-24(28)30-16-19-13-21(26)15-22(27)14-19/h2,5-7,10-15,17,20H,1,3-4,8-9,16,26-27H2/b12-7+. The molecule has 6 heteroatoms. The molecule has 2 aromatic carbocycles. The highest BCUT2D eigenvalue weighted by Gasteiger charge is 2.26. The average Bonchev–Trinajstić information content (AvgIpc) is 2.76. The Bertz CT molecular complexity index is 938. The molecule has 1 aliphatic carbocycles. The maximum atomic E-state index is 12.4. The van der Waals surface area contributed by atoms with Crippen molar-refractivity contribution in [2.45, 2.75) is 32.3 Å². The number of rotatable bonds is 7. The molecule has 0 radical (unpaired) electrons. The lowest BCUT2D eigenvalue weighted by Crippen LogP contribution is -2.25. The Morgan fingerprint density at radius 2 is 1.65 bits per heavy atom. The van der Waals surface area contributed by atoms with Crippen LogP contribution in [-0.4, -0.2) is 11.9 Å². The van der Waals surface area contributed by atoms with Crippen LogP contribution in [0.15, 0.2) is 61.2 Å². The van der Waals surface area contributed by atoms with E-state index in [2.05, 4.69) is 6.58 Å². The highest BCUT2D eigenvalue weighted by Crippen LogP contribution is 2.30. The van der Waals surface area contributed by atoms with E-state index >= 15 is 0 Å². The van der Waals surface area contributed by atoms with Gasteiger partial charge in [0.1, 0.15) is 12.4 Å². The molecule has 0 bridgehead atoms. The fraction of sp³-hybridized carbons (Fsp3) is 0.280. The number of hydrogen-bond acceptors (Lipinski definition) is 6. The molecule has 0 aliphatic heterocycles. The zero-order valence-electron chi connectivity index (χ0n) is 17.5. The minimum Gasteiger partial charge on any atom is -0.458 e. The topological polar surface area (TPSA) is 105 Å². The number of nitrogen functional groups attached to an aromatic ring is 2. The quantitative estimate of drug-likeness (QED) is 0.225. The van der Waals surface area contributed by atoms with Crippen LogP contribution < -0.4 is 16.2 Å². The number of allylic oxidation sites excluding steroid dienone is 1. The van der Waals surface area contributed by atoms with Crippen molar-refractivity contribution in [1.29, 1.82) is 0 Å². The normalized spacial score (nSPS) is 18.5. The molecule has 0 amide bonds. The van der Waals surface area contributed by atoms with E-state index in [4.69, 9.17) is 20.9 Å². The lowest BCUT2D eigenvalue weighted by molar-refractivity contribution is -0.140. The first-order valence-corrected chi connectivity index (χ1v) is 10.4. The van der Waals surface area contributed by atoms with Crippen LogP contribution in [0, 0.1) is 11.8 Å². The number of carbonyl (C=O) groups excluding carboxylic acids is 2. The van der Waals surface area contributed by atoms with Gasteiger partial charge in [-0.1, -0.05) is 18.2 Å². The smallest absolute Gasteiger partial charge is 0.331 e. The van der Waals surface area contributed by atoms with Crippen molar-refractivity contribution in [1.82, 2.24) is 0 Å². The van der Waals surface area contributed by atoms with Crippen LogP contribution in [-0.2, 0) is 20.9 Å². The highest BCUT2D eigenvalue weighted by molar-refractivity contribution is 5.87. The molecule has 1 aliphatic rings. The van der Waals surface area contributed by atoms with Crippen molar-refractivity contribution >= 4 is 29.4 Å². The first-order chi connectivity index (χ1) is 14.9. The molecule has 1 fully saturated rings. The zero-order valence-corrected chi connectivity index (χ0v) is 17.5. The van der Waals surface area contributed by atoms with Crippen molar-refractivity contribution in [2.24, 2.45) is 11.8 Å². The summed E-state index contributed by atoms with van der Waals surface area (Å²) in [5.74, 6) is 0.282. The van der Waals surface area contributed by atoms with Crippen LogP contribution in [0.2, 0.25) is 0 Å². The van der Waals surface area contributed by atoms with Gasteiger partial charge in [0.2, 0.25) is 0 Å². The van der Waals surface area contributed by atoms with E-state index in [0.29, 0.717) is 23.0 Å². The van der Waals surface area contributed by atoms with Gasteiger partial charge < -0.3 is 20.9 Å². The largest absolute Gasteiger partial charge is 0.458 e. The summed E-state index contributed by atoms with van der Waals surface area (Å²) in [7, 11) is 0. The lowest BCUT2D eigenvalue weighted by atomic mass is 9.82. The molecule has 0 saturated heterocycles. The number of benzene rings is 2. The van der Waals surface area contributed by atoms with Crippen molar-refractivity contribution in [3.63, 3.8) is 0 Å². The molecular weight excluding hydrogens is 392 g/mol. The summed E-state index contributed by atoms with van der Waals surface area (Å²) in [6.07, 6.45) is 8.58. The predicted octanol–water partition coefficient (Wildman–Crippen LogP) is 4.51. The van der Waals surface area contributed by atoms with Gasteiger partial charge >= 0.3 is 11.9 Å². The molecule has 3 rings (SSSR count). The van der Waals surface area contributed by atoms with Crippen LogP contribution in [0.4, 0.5) is 11.4 Å². The van der Waals surface area contributed by atoms with Gasteiger partial charge in [0, 0.05) is 17.5 Å². The molecule has 6 nitrogen and oxygen atoms in total. The molecule has 0 heterocycles. The summed E-state index contributed by atoms with van der Waals surface area (Å²) >= 11 is 0. The van der Waals surface area contributed by atoms with Crippen molar-refractivity contribution in [2.75, 3.05) is 11.5 Å². The van der Waals surface area contributed by atoms with Gasteiger partial charge in [-0.3, -0.25) is 4.79 Å². The fourth-order valence-electron chi connectivity index (χ4n) is 3.63. The molecule has 0 spiro atoms. The first kappa shape index (κ1) is 22.2. The van der Waals surface area contributed by atoms with Crippen molar-refractivity contribution < 1.29 is 19.1 Å². The third-order valence-corrected chi connectivity index (χ3v) is 5.37. The van der Waals surface area contributed by atoms with Crippen LogP contribution >= 0.6 is 0 Å². The molecule has 162 valence electrons. The molecule has 2 aromatic rings. The predicted molar refractivity (Wildman–Crippen MR) is 122 cm³/mol. The van der Waals surface area contributed by atoms with Crippen molar-refractivity contribution in [3.8, 4) is 5.75 Å². The summed E-state index contributed by atoms with van der Waals surface area (Å²) in [4.78, 5) is 24.3. The van der Waals surface area contributed by atoms with Gasteiger partial charge in [-0.05, 0) is 79.1 Å². The van der Waals surface area contributed by atoms with Gasteiger partial charge in [-0.25, -0.2) is 4.79 Å². The van der Waals surface area contributed by atoms with E-state index in [1.165, 1.54) is 6.08 Å². The second kappa shape index (κ2) is 10.5. The minimum atomic E-state index is -0.480. The summed E-state index contributed by atoms with van der Waals surface area (Å²) in [6, 6.07) is 12.0. The second-order valence-electron chi connectivity index (χ2n) is 7.79. The maximum Gasteiger partial charge on any atom is 0.331 e. The Morgan fingerprint density at radius 3 is 2.26 bits per heavy atom. The average molecular weight is 421 g/mol. The summed E-state index contributed by atoms with van der Waals surface area (Å²) < 4.78 is 10.7. The van der Waals surface area contributed by atoms with Gasteiger partial charge in [0.15, 0.2) is 0 Å². The SMILES string of the molecule is C=CC1CCC(C(=O)Oc2ccc(/C=C/C(=O)OCc3cc(N)cc(N)c3)cc2)CC1. The van der Waals surface area contributed by atoms with E-state index in [1.54, 1.807) is 48.5 Å². The van der Waals surface area contributed by atoms with Gasteiger partial charge in [0.25, 0.3) is 0 Å². The van der Waals surface area contributed by atoms with E-state index < -0.39 is 5.97 Å². The second-order valence-corrected chi connectivity index (χ2v) is 7.79. The molecule has 0 unspecified atom stereocenters. The molecule has 0 aromatic heterocycles. The van der Waals surface area contributed by atoms with E-state index in [-0.39, 0.29) is 18.5 Å². The molecule has 0 atom stereocenters. The van der Waals surface area contributed by atoms with Crippen LogP contribution in [0.1, 0.15) is 36.8 Å². The number of hydrogen-bond donors (Lipinski definition) is 2. The van der Waals surface area contributed by atoms with Crippen LogP contribution in [0.5, 0.6) is 5.75 Å². The number of anilines is 2. The zero-order chi connectivity index (χ0) is 22.2. The van der Waals surface area contributed by atoms with Crippen LogP contribution in [0.3, 0.4) is 0 Å². The number of esters is 2. The Hall–Kier alpha value is -3.54. The van der Waals surface area contributed by atoms with Gasteiger partial charge in [0.05, 0.1) is 5.92 Å². The Kier molecular flexibility index (Phi) is 7.49. The lowest BCUT2D eigenvalue weighted by Gasteiger charge is -2.24. The molecular formula is C25H28N2O4. The molecule has 4 N–H and O–H groups in total. The van der Waals surface area contributed by atoms with E-state index in [0.717, 1.165) is 36.8 Å². The maximum absolute atomic E-state index is 12.4. The van der Waals surface area contributed by atoms with Gasteiger partial charge in [-0.15, -0.1) is 6.58 Å². The number of ether oxygens (including phenoxy) is 2. The fourth-order valence-corrected chi connectivity index (χ4v) is 3.63. The Labute approximate surface area is 182 Å². The first-order valence-electron chi connectivity index (χ1n) is 10.4. The number of nitrogens with two attached hydrogens (primary N) is 2. The summed E-state index contributed by atoms with van der Waals surface area (Å²) in [5.41, 5.74) is 14.0.